The molecule has 0 spiro atoms. The standard InChI is InChI=1S/C13H14ClNO3/c1-8-9(14)4-3-5-10(8)15-11(13(17)18-2)6-7-12(15)16/h3-5,11H,6-7H2,1-2H3. The Balaban J connectivity index is 2.43. The number of hydrogen-bond donors (Lipinski definition) is 0. The van der Waals surface area contributed by atoms with Gasteiger partial charge in [0.1, 0.15) is 6.04 Å². The molecule has 1 aliphatic rings. The van der Waals surface area contributed by atoms with Crippen molar-refractivity contribution in [3.63, 3.8) is 0 Å². The number of esters is 1. The Morgan fingerprint density at radius 2 is 2.22 bits per heavy atom. The Bertz CT molecular complexity index is 501. The zero-order valence-corrected chi connectivity index (χ0v) is 11.0. The van der Waals surface area contributed by atoms with Gasteiger partial charge in [-0.25, -0.2) is 4.79 Å². The van der Waals surface area contributed by atoms with E-state index in [2.05, 4.69) is 0 Å². The topological polar surface area (TPSA) is 46.6 Å². The normalized spacial score (nSPS) is 19.2. The molecule has 0 aromatic heterocycles. The van der Waals surface area contributed by atoms with Crippen LogP contribution < -0.4 is 4.90 Å². The second-order valence-electron chi connectivity index (χ2n) is 4.23. The number of hydrogen-bond acceptors (Lipinski definition) is 3. The van der Waals surface area contributed by atoms with Crippen molar-refractivity contribution in [2.75, 3.05) is 12.0 Å². The van der Waals surface area contributed by atoms with Crippen LogP contribution in [0.25, 0.3) is 0 Å². The van der Waals surface area contributed by atoms with E-state index >= 15 is 0 Å². The lowest BCUT2D eigenvalue weighted by molar-refractivity contribution is -0.142. The average Bonchev–Trinajstić information content (AvgIpc) is 2.74. The summed E-state index contributed by atoms with van der Waals surface area (Å²) in [6, 6.07) is 4.78. The van der Waals surface area contributed by atoms with Crippen molar-refractivity contribution in [3.05, 3.63) is 28.8 Å². The number of rotatable bonds is 2. The lowest BCUT2D eigenvalue weighted by Crippen LogP contribution is -2.39. The summed E-state index contributed by atoms with van der Waals surface area (Å²) in [7, 11) is 1.33. The maximum Gasteiger partial charge on any atom is 0.328 e. The third-order valence-corrected chi connectivity index (χ3v) is 3.59. The highest BCUT2D eigenvalue weighted by atomic mass is 35.5. The first-order valence-corrected chi connectivity index (χ1v) is 6.09. The minimum atomic E-state index is -0.542. The molecule has 5 heteroatoms. The van der Waals surface area contributed by atoms with Gasteiger partial charge in [-0.05, 0) is 31.0 Å². The number of carbonyl (C=O) groups is 2. The fraction of sp³-hybridized carbons (Fsp3) is 0.385. The number of halogens is 1. The molecule has 1 atom stereocenters. The van der Waals surface area contributed by atoms with Gasteiger partial charge in [0.2, 0.25) is 5.91 Å². The van der Waals surface area contributed by atoms with Gasteiger partial charge < -0.3 is 4.74 Å². The molecule has 0 saturated carbocycles. The summed E-state index contributed by atoms with van der Waals surface area (Å²) in [4.78, 5) is 25.1. The SMILES string of the molecule is COC(=O)C1CCC(=O)N1c1cccc(Cl)c1C. The van der Waals surface area contributed by atoms with Gasteiger partial charge in [-0.15, -0.1) is 0 Å². The third-order valence-electron chi connectivity index (χ3n) is 3.18. The van der Waals surface area contributed by atoms with E-state index in [9.17, 15) is 9.59 Å². The first-order chi connectivity index (χ1) is 8.56. The van der Waals surface area contributed by atoms with E-state index < -0.39 is 6.04 Å². The van der Waals surface area contributed by atoms with Gasteiger partial charge in [0.15, 0.2) is 0 Å². The summed E-state index contributed by atoms with van der Waals surface area (Å²) < 4.78 is 4.74. The monoisotopic (exact) mass is 267 g/mol. The maximum atomic E-state index is 11.9. The summed E-state index contributed by atoms with van der Waals surface area (Å²) in [6.45, 7) is 1.83. The summed E-state index contributed by atoms with van der Waals surface area (Å²) in [5.74, 6) is -0.462. The van der Waals surface area contributed by atoms with Crippen LogP contribution in [-0.2, 0) is 14.3 Å². The average molecular weight is 268 g/mol. The molecule has 1 saturated heterocycles. The lowest BCUT2D eigenvalue weighted by Gasteiger charge is -2.24. The van der Waals surface area contributed by atoms with E-state index in [-0.39, 0.29) is 11.9 Å². The molecular formula is C13H14ClNO3. The highest BCUT2D eigenvalue weighted by Gasteiger charge is 2.38. The number of amides is 1. The molecule has 1 aromatic rings. The van der Waals surface area contributed by atoms with Gasteiger partial charge in [-0.1, -0.05) is 17.7 Å². The first kappa shape index (κ1) is 12.9. The van der Waals surface area contributed by atoms with E-state index in [0.717, 1.165) is 5.56 Å². The van der Waals surface area contributed by atoms with E-state index in [4.69, 9.17) is 16.3 Å². The van der Waals surface area contributed by atoms with Crippen molar-refractivity contribution in [2.24, 2.45) is 0 Å². The second-order valence-corrected chi connectivity index (χ2v) is 4.63. The Labute approximate surface area is 110 Å². The Morgan fingerprint density at radius 3 is 2.89 bits per heavy atom. The van der Waals surface area contributed by atoms with Crippen LogP contribution in [0.3, 0.4) is 0 Å². The molecule has 96 valence electrons. The van der Waals surface area contributed by atoms with E-state index in [1.807, 2.05) is 6.92 Å². The molecular weight excluding hydrogens is 254 g/mol. The second kappa shape index (κ2) is 4.98. The number of anilines is 1. The zero-order chi connectivity index (χ0) is 13.3. The Morgan fingerprint density at radius 1 is 1.50 bits per heavy atom. The molecule has 4 nitrogen and oxygen atoms in total. The molecule has 0 bridgehead atoms. The van der Waals surface area contributed by atoms with Crippen LogP contribution in [-0.4, -0.2) is 25.0 Å². The minimum absolute atomic E-state index is 0.0734. The van der Waals surface area contributed by atoms with Crippen molar-refractivity contribution in [1.29, 1.82) is 0 Å². The predicted molar refractivity (Wildman–Crippen MR) is 68.7 cm³/mol. The van der Waals surface area contributed by atoms with E-state index in [0.29, 0.717) is 23.6 Å². The molecule has 1 aliphatic heterocycles. The summed E-state index contributed by atoms with van der Waals surface area (Å²) in [6.07, 6.45) is 0.836. The Hall–Kier alpha value is -1.55. The molecule has 0 radical (unpaired) electrons. The molecule has 1 heterocycles. The highest BCUT2D eigenvalue weighted by molar-refractivity contribution is 6.31. The number of benzene rings is 1. The largest absolute Gasteiger partial charge is 0.467 e. The van der Waals surface area contributed by atoms with Gasteiger partial charge in [0, 0.05) is 17.1 Å². The lowest BCUT2D eigenvalue weighted by atomic mass is 10.1. The van der Waals surface area contributed by atoms with Crippen molar-refractivity contribution >= 4 is 29.2 Å². The molecule has 0 N–H and O–H groups in total. The summed E-state index contributed by atoms with van der Waals surface area (Å²) in [5.41, 5.74) is 1.48. The molecule has 0 aliphatic carbocycles. The van der Waals surface area contributed by atoms with Crippen molar-refractivity contribution in [3.8, 4) is 0 Å². The van der Waals surface area contributed by atoms with Crippen LogP contribution in [0.5, 0.6) is 0 Å². The van der Waals surface area contributed by atoms with Crippen LogP contribution in [0.2, 0.25) is 5.02 Å². The van der Waals surface area contributed by atoms with Gasteiger partial charge in [0.25, 0.3) is 0 Å². The minimum Gasteiger partial charge on any atom is -0.467 e. The predicted octanol–water partition coefficient (Wildman–Crippen LogP) is 2.32. The highest BCUT2D eigenvalue weighted by Crippen LogP contribution is 2.32. The van der Waals surface area contributed by atoms with E-state index in [1.165, 1.54) is 12.0 Å². The first-order valence-electron chi connectivity index (χ1n) is 5.71. The number of ether oxygens (including phenoxy) is 1. The molecule has 1 aromatic carbocycles. The summed E-state index contributed by atoms with van der Waals surface area (Å²) in [5, 5.41) is 0.579. The van der Waals surface area contributed by atoms with Gasteiger partial charge in [-0.3, -0.25) is 9.69 Å². The quantitative estimate of drug-likeness (QED) is 0.773. The van der Waals surface area contributed by atoms with E-state index in [1.54, 1.807) is 18.2 Å². The van der Waals surface area contributed by atoms with Crippen LogP contribution in [0.15, 0.2) is 18.2 Å². The van der Waals surface area contributed by atoms with Crippen molar-refractivity contribution < 1.29 is 14.3 Å². The maximum absolute atomic E-state index is 11.9. The molecule has 1 unspecified atom stereocenters. The van der Waals surface area contributed by atoms with Crippen LogP contribution in [0.1, 0.15) is 18.4 Å². The van der Waals surface area contributed by atoms with Gasteiger partial charge >= 0.3 is 5.97 Å². The third kappa shape index (κ3) is 2.08. The Kier molecular flexibility index (Phi) is 3.57. The van der Waals surface area contributed by atoms with Crippen molar-refractivity contribution in [2.45, 2.75) is 25.8 Å². The van der Waals surface area contributed by atoms with Crippen LogP contribution >= 0.6 is 11.6 Å². The fourth-order valence-corrected chi connectivity index (χ4v) is 2.37. The molecule has 1 fully saturated rings. The van der Waals surface area contributed by atoms with Gasteiger partial charge in [-0.2, -0.15) is 0 Å². The van der Waals surface area contributed by atoms with Crippen LogP contribution in [0.4, 0.5) is 5.69 Å². The van der Waals surface area contributed by atoms with Crippen molar-refractivity contribution in [1.82, 2.24) is 0 Å². The zero-order valence-electron chi connectivity index (χ0n) is 10.3. The fourth-order valence-electron chi connectivity index (χ4n) is 2.20. The summed E-state index contributed by atoms with van der Waals surface area (Å²) >= 11 is 6.05. The molecule has 2 rings (SSSR count). The van der Waals surface area contributed by atoms with Gasteiger partial charge in [0.05, 0.1) is 7.11 Å². The smallest absolute Gasteiger partial charge is 0.328 e. The molecule has 18 heavy (non-hydrogen) atoms. The number of methoxy groups -OCH3 is 1. The van der Waals surface area contributed by atoms with Crippen LogP contribution in [0, 0.1) is 6.92 Å². The molecule has 1 amide bonds. The number of carbonyl (C=O) groups excluding carboxylic acids is 2. The number of nitrogens with zero attached hydrogens (tertiary/aromatic N) is 1.